The number of esters is 4. The fourth-order valence-corrected chi connectivity index (χ4v) is 14.2. The van der Waals surface area contributed by atoms with Gasteiger partial charge in [-0.05, 0) is 193 Å². The van der Waals surface area contributed by atoms with Gasteiger partial charge in [-0.2, -0.15) is 10.5 Å². The number of aromatic hydroxyl groups is 1. The van der Waals surface area contributed by atoms with Crippen molar-refractivity contribution in [2.45, 2.75) is 38.9 Å². The number of ketones is 2. The van der Waals surface area contributed by atoms with Gasteiger partial charge in [-0.25, -0.2) is 14.4 Å². The van der Waals surface area contributed by atoms with Gasteiger partial charge >= 0.3 is 23.9 Å². The van der Waals surface area contributed by atoms with Crippen LogP contribution in [0.15, 0.2) is 246 Å². The molecule has 5 heterocycles. The van der Waals surface area contributed by atoms with Gasteiger partial charge in [0.1, 0.15) is 57.3 Å². The normalized spacial score (nSPS) is 14.2. The van der Waals surface area contributed by atoms with Crippen molar-refractivity contribution in [2.24, 2.45) is 0 Å². The molecule has 1 aliphatic carbocycles. The Bertz CT molecular complexity index is 6510. The van der Waals surface area contributed by atoms with Crippen LogP contribution >= 0.6 is 22.6 Å². The van der Waals surface area contributed by atoms with Gasteiger partial charge in [-0.15, -0.1) is 6.42 Å². The number of nitrogens with zero attached hydrogens (tertiary/aromatic N) is 3. The molecule has 21 heteroatoms. The molecule has 0 saturated heterocycles. The van der Waals surface area contributed by atoms with E-state index in [1.54, 1.807) is 103 Å². The van der Waals surface area contributed by atoms with Crippen LogP contribution < -0.4 is 29.1 Å². The number of hydrogen-bond donors (Lipinski definition) is 1. The molecule has 0 amide bonds. The van der Waals surface area contributed by atoms with Crippen molar-refractivity contribution in [3.05, 3.63) is 356 Å². The molecule has 11 aromatic rings. The molecule has 11 aromatic carbocycles. The number of carbonyl (C=O) groups excluding carboxylic acids is 7. The molecule has 550 valence electrons. The van der Waals surface area contributed by atoms with Crippen LogP contribution in [-0.2, 0) is 35.1 Å². The maximum atomic E-state index is 13.3. The molecule has 0 radical (unpaired) electrons. The largest absolute Gasteiger partial charge is 0.508 e. The molecule has 0 aromatic heterocycles. The van der Waals surface area contributed by atoms with Gasteiger partial charge in [-0.3, -0.25) is 28.8 Å². The van der Waals surface area contributed by atoms with Gasteiger partial charge in [0.05, 0.1) is 41.0 Å². The molecule has 2 spiro atoms. The fraction of sp³-hybridized carbons (Fsp3) is 0.0645. The number of ether oxygens (including phenoxy) is 7. The summed E-state index contributed by atoms with van der Waals surface area (Å²) < 4.78 is 47.2. The van der Waals surface area contributed by atoms with Crippen LogP contribution in [0.1, 0.15) is 128 Å². The van der Waals surface area contributed by atoms with Gasteiger partial charge in [0, 0.05) is 125 Å². The summed E-state index contributed by atoms with van der Waals surface area (Å²) in [7, 11) is 0. The number of nitriles is 2. The minimum atomic E-state index is -1.23. The number of fused-ring (bicyclic) bond motifs is 14. The average molecular weight is 1610 g/mol. The van der Waals surface area contributed by atoms with Crippen LogP contribution in [0.3, 0.4) is 0 Å². The molecule has 2 atom stereocenters. The van der Waals surface area contributed by atoms with Crippen molar-refractivity contribution < 1.29 is 76.2 Å². The number of phenolic OH excluding ortho intramolecular Hbond substituents is 1. The number of carbonyl (C=O) groups is 7. The third-order valence-corrected chi connectivity index (χ3v) is 19.4. The molecular formula is C93H54IN3O17. The highest BCUT2D eigenvalue weighted by Crippen LogP contribution is 2.59. The number of aryl methyl sites for hydroxylation is 2. The molecule has 5 aliphatic heterocycles. The highest BCUT2D eigenvalue weighted by atomic mass is 127. The predicted octanol–water partition coefficient (Wildman–Crippen LogP) is 17.8. The average Bonchev–Trinajstić information content (AvgIpc) is 1.51. The first-order chi connectivity index (χ1) is 55.0. The molecule has 0 saturated carbocycles. The van der Waals surface area contributed by atoms with Crippen LogP contribution in [0, 0.1) is 70.8 Å². The van der Waals surface area contributed by atoms with Crippen molar-refractivity contribution in [1.82, 2.24) is 0 Å². The van der Waals surface area contributed by atoms with Gasteiger partial charge in [0.15, 0.2) is 22.3 Å². The zero-order valence-corrected chi connectivity index (χ0v) is 62.5. The molecule has 6 aliphatic rings. The van der Waals surface area contributed by atoms with Crippen molar-refractivity contribution in [2.75, 3.05) is 0 Å². The fourth-order valence-electron chi connectivity index (χ4n) is 13.7. The SMILES string of the molecule is CC(=O)Oc1ccc2c(c1)Oc1cc(C)ccc1C21OC(=O)c2cc(C#Cc3ccc(C#N)cc3)ccc21.CC(=O)Oc1ccc2c(c1)Oc1cc(C)ccc1C21OC(=O)c2cc(I)ccc21.N#Cc1ccc(C(=O)C(=O)c2ccc(-c3c4ccc(=O)cc-4oc4cc(O)ccc34)c(OC=O)c2)cc1.[C-]#[N+]c1ccc(C#C)cc1. The summed E-state index contributed by atoms with van der Waals surface area (Å²) in [5, 5.41) is 28.4. The van der Waals surface area contributed by atoms with Gasteiger partial charge in [0.2, 0.25) is 11.6 Å². The van der Waals surface area contributed by atoms with Crippen LogP contribution in [0.4, 0.5) is 5.69 Å². The van der Waals surface area contributed by atoms with Crippen molar-refractivity contribution in [3.63, 3.8) is 0 Å². The number of benzene rings is 12. The van der Waals surface area contributed by atoms with Crippen LogP contribution in [0.25, 0.3) is 38.3 Å². The second-order valence-electron chi connectivity index (χ2n) is 26.1. The summed E-state index contributed by atoms with van der Waals surface area (Å²) >= 11 is 2.18. The minimum absolute atomic E-state index is 0.00144. The molecule has 1 N–H and O–H groups in total. The van der Waals surface area contributed by atoms with E-state index in [9.17, 15) is 43.5 Å². The van der Waals surface area contributed by atoms with Crippen LogP contribution in [0.2, 0.25) is 0 Å². The predicted molar refractivity (Wildman–Crippen MR) is 425 cm³/mol. The Morgan fingerprint density at radius 1 is 0.509 bits per heavy atom. The third-order valence-electron chi connectivity index (χ3n) is 18.7. The number of hydrogen-bond acceptors (Lipinski definition) is 19. The monoisotopic (exact) mass is 1610 g/mol. The zero-order chi connectivity index (χ0) is 80.3. The first-order valence-electron chi connectivity index (χ1n) is 34.7. The molecule has 20 nitrogen and oxygen atoms in total. The molecule has 17 rings (SSSR count). The Morgan fingerprint density at radius 3 is 1.54 bits per heavy atom. The lowest BCUT2D eigenvalue weighted by molar-refractivity contribution is -0.132. The summed E-state index contributed by atoms with van der Waals surface area (Å²) in [6, 6.07) is 69.5. The highest BCUT2D eigenvalue weighted by molar-refractivity contribution is 14.1. The lowest BCUT2D eigenvalue weighted by Crippen LogP contribution is -2.33. The number of halogens is 1. The van der Waals surface area contributed by atoms with E-state index in [4.69, 9.17) is 61.1 Å². The third kappa shape index (κ3) is 14.6. The maximum absolute atomic E-state index is 13.3. The highest BCUT2D eigenvalue weighted by Gasteiger charge is 2.55. The van der Waals surface area contributed by atoms with E-state index < -0.39 is 40.7 Å². The first kappa shape index (κ1) is 75.3. The van der Waals surface area contributed by atoms with E-state index >= 15 is 0 Å². The van der Waals surface area contributed by atoms with E-state index in [0.29, 0.717) is 112 Å². The molecule has 114 heavy (non-hydrogen) atoms. The lowest BCUT2D eigenvalue weighted by atomic mass is 9.77. The summed E-state index contributed by atoms with van der Waals surface area (Å²) in [5.41, 5.74) is 10.2. The van der Waals surface area contributed by atoms with Gasteiger partial charge in [-0.1, -0.05) is 84.5 Å². The summed E-state index contributed by atoms with van der Waals surface area (Å²) in [4.78, 5) is 101. The number of Topliss-reactive ketones (excluding diaryl/α,β-unsaturated/α-hetero) is 2. The van der Waals surface area contributed by atoms with Crippen molar-refractivity contribution in [3.8, 4) is 105 Å². The van der Waals surface area contributed by atoms with Crippen molar-refractivity contribution in [1.29, 1.82) is 10.5 Å². The summed E-state index contributed by atoms with van der Waals surface area (Å²) in [6.07, 6.45) is 5.11. The minimum Gasteiger partial charge on any atom is -0.508 e. The Balaban J connectivity index is 0.000000134. The molecule has 0 bridgehead atoms. The lowest BCUT2D eigenvalue weighted by Gasteiger charge is -2.36. The van der Waals surface area contributed by atoms with Crippen LogP contribution in [0.5, 0.6) is 46.0 Å². The number of terminal acetylenes is 1. The standard InChI is InChI=1S/C32H19NO5.C29H15NO7.C23H15IO5.C9H5N/c1-19-3-12-27-29(15-19)37-30-17-24(36-20(2)34)11-14-28(30)32(27)26-13-10-22(16-25(26)31(35)38-32)7-4-21-5-8-23(18-33)9-6-21;30-14-16-1-3-17(4-2-16)28(34)29(35)18-5-8-21(24(11-18)36-15-31)27-22-9-6-19(32)12-25(22)37-26-13-20(33)7-10-23(26)27;1-12-3-6-18-20(9-12)28-21-11-15(27-13(2)25)5-8-19(21)23(18)17-7-4-14(24)10-16(17)22(26)29-23;1-3-8-4-6-9(10-2)7-5-8/h3,5-6,8-17H,1-2H3;1-13,15,32H;3-11H,1-2H3;1,4-7H. The summed E-state index contributed by atoms with van der Waals surface area (Å²) in [5.74, 6) is 8.32. The Labute approximate surface area is 663 Å². The maximum Gasteiger partial charge on any atom is 0.340 e. The van der Waals surface area contributed by atoms with E-state index in [-0.39, 0.29) is 51.8 Å². The quantitative estimate of drug-likeness (QED) is 0.0170. The molecule has 2 unspecified atom stereocenters. The van der Waals surface area contributed by atoms with Gasteiger partial charge in [0.25, 0.3) is 6.47 Å². The molecule has 0 fully saturated rings. The van der Waals surface area contributed by atoms with Crippen molar-refractivity contribution >= 4 is 81.2 Å². The first-order valence-corrected chi connectivity index (χ1v) is 35.7. The summed E-state index contributed by atoms with van der Waals surface area (Å²) in [6.45, 7) is 13.4. The van der Waals surface area contributed by atoms with Gasteiger partial charge < -0.3 is 42.7 Å². The second kappa shape index (κ2) is 31.2. The number of phenols is 1. The van der Waals surface area contributed by atoms with E-state index in [2.05, 4.69) is 51.3 Å². The van der Waals surface area contributed by atoms with E-state index in [0.717, 1.165) is 37.0 Å². The van der Waals surface area contributed by atoms with Crippen LogP contribution in [-0.4, -0.2) is 47.0 Å². The Hall–Kier alpha value is -15.5. The Kier molecular flexibility index (Phi) is 20.6. The Morgan fingerprint density at radius 2 is 0.991 bits per heavy atom. The van der Waals surface area contributed by atoms with E-state index in [1.165, 1.54) is 80.6 Å². The molecular weight excluding hydrogens is 1560 g/mol. The topological polar surface area (TPSA) is 286 Å². The zero-order valence-electron chi connectivity index (χ0n) is 60.4. The second-order valence-corrected chi connectivity index (χ2v) is 27.4. The number of rotatable bonds is 8. The van der Waals surface area contributed by atoms with E-state index in [1.807, 2.05) is 86.6 Å². The smallest absolute Gasteiger partial charge is 0.340 e.